The van der Waals surface area contributed by atoms with Gasteiger partial charge in [0.1, 0.15) is 5.75 Å². The van der Waals surface area contributed by atoms with Crippen molar-refractivity contribution in [2.24, 2.45) is 0 Å². The van der Waals surface area contributed by atoms with Gasteiger partial charge in [0.05, 0.1) is 29.9 Å². The van der Waals surface area contributed by atoms with Crippen LogP contribution in [-0.2, 0) is 17.4 Å². The number of H-pyrrole nitrogens is 2. The maximum Gasteiger partial charge on any atom is 0.118 e. The number of methoxy groups -OCH3 is 1. The molecule has 5 nitrogen and oxygen atoms in total. The number of nitrogens with one attached hydrogen (secondary N) is 2. The van der Waals surface area contributed by atoms with Crippen LogP contribution in [-0.4, -0.2) is 27.0 Å². The van der Waals surface area contributed by atoms with Gasteiger partial charge in [-0.05, 0) is 84.5 Å². The summed E-state index contributed by atoms with van der Waals surface area (Å²) in [4.78, 5) is 16.5. The van der Waals surface area contributed by atoms with Crippen LogP contribution in [0, 0.1) is 0 Å². The molecule has 5 heterocycles. The summed E-state index contributed by atoms with van der Waals surface area (Å²) in [5.74, 6) is 0.833. The van der Waals surface area contributed by atoms with Crippen molar-refractivity contribution in [3.05, 3.63) is 101 Å². The first-order valence-corrected chi connectivity index (χ1v) is 10.4. The van der Waals surface area contributed by atoms with Gasteiger partial charge >= 0.3 is 0 Å². The Morgan fingerprint density at radius 2 is 1.18 bits per heavy atom. The quantitative estimate of drug-likeness (QED) is 0.324. The van der Waals surface area contributed by atoms with Crippen LogP contribution in [0.15, 0.2) is 72.8 Å². The molecule has 0 atom stereocenters. The number of nitrogens with zero attached hydrogens (tertiary/aromatic N) is 2. The van der Waals surface area contributed by atoms with E-state index in [0.29, 0.717) is 0 Å². The Morgan fingerprint density at radius 3 is 1.76 bits per heavy atom. The molecule has 2 aliphatic heterocycles. The van der Waals surface area contributed by atoms with Crippen molar-refractivity contribution in [2.75, 3.05) is 7.11 Å². The van der Waals surface area contributed by atoms with Crippen molar-refractivity contribution >= 4 is 45.9 Å². The van der Waals surface area contributed by atoms with Gasteiger partial charge in [0, 0.05) is 45.0 Å². The molecule has 2 N–H and O–H groups in total. The molecule has 8 bridgehead atoms. The summed E-state index contributed by atoms with van der Waals surface area (Å²) in [5, 5.41) is 0. The average Bonchev–Trinajstić information content (AvgIpc) is 3.59. The zero-order valence-electron chi connectivity index (χ0n) is 17.9. The third-order valence-corrected chi connectivity index (χ3v) is 5.57. The first-order valence-electron chi connectivity index (χ1n) is 10.4. The maximum absolute atomic E-state index is 5.32. The summed E-state index contributed by atoms with van der Waals surface area (Å²) in [7, 11) is 1.68. The SMILES string of the molecule is COc1ccc(C2=Cc3cc4ccc(cc5nc(cc6ccc(cc2n3)[nH]6)C=C5)[nH]4)cc1.[Cr]. The molecule has 0 radical (unpaired) electrons. The fourth-order valence-electron chi connectivity index (χ4n) is 4.02. The van der Waals surface area contributed by atoms with Crippen LogP contribution in [0.2, 0.25) is 0 Å². The summed E-state index contributed by atoms with van der Waals surface area (Å²) in [6, 6.07) is 24.5. The molecular weight excluding hydrogens is 448 g/mol. The molecule has 4 aromatic rings. The van der Waals surface area contributed by atoms with Gasteiger partial charge in [-0.15, -0.1) is 0 Å². The zero-order chi connectivity index (χ0) is 21.5. The van der Waals surface area contributed by atoms with Gasteiger partial charge in [-0.25, -0.2) is 9.97 Å². The number of aromatic amines is 2. The number of hydrogen-bond donors (Lipinski definition) is 2. The normalized spacial score (nSPS) is 12.2. The Labute approximate surface area is 201 Å². The van der Waals surface area contributed by atoms with E-state index < -0.39 is 0 Å². The van der Waals surface area contributed by atoms with Crippen molar-refractivity contribution in [2.45, 2.75) is 0 Å². The standard InChI is InChI=1S/C27H20N4O.Cr/c1-32-25-10-2-17(3-11-25)26-15-24-14-22-7-6-20(29-22)12-18-4-5-19(28-18)13-21-8-9-23(30-21)16-27(26)31-24;/h2-16,29-30H,1H3;. The minimum atomic E-state index is 0. The van der Waals surface area contributed by atoms with E-state index in [0.717, 1.165) is 61.7 Å². The van der Waals surface area contributed by atoms with Gasteiger partial charge in [0.15, 0.2) is 0 Å². The van der Waals surface area contributed by atoms with Crippen LogP contribution in [0.3, 0.4) is 0 Å². The minimum Gasteiger partial charge on any atom is -0.497 e. The molecule has 0 unspecified atom stereocenters. The van der Waals surface area contributed by atoms with Gasteiger partial charge < -0.3 is 14.7 Å². The Morgan fingerprint density at radius 1 is 0.636 bits per heavy atom. The molecule has 3 aromatic heterocycles. The van der Waals surface area contributed by atoms with Crippen molar-refractivity contribution < 1.29 is 22.1 Å². The molecule has 0 saturated heterocycles. The second-order valence-corrected chi connectivity index (χ2v) is 7.82. The molecule has 0 fully saturated rings. The fourth-order valence-corrected chi connectivity index (χ4v) is 4.02. The summed E-state index contributed by atoms with van der Waals surface area (Å²) in [6.45, 7) is 0. The molecule has 6 rings (SSSR count). The van der Waals surface area contributed by atoms with E-state index in [-0.39, 0.29) is 17.4 Å². The molecule has 1 aromatic carbocycles. The van der Waals surface area contributed by atoms with Crippen LogP contribution >= 0.6 is 0 Å². The Balaban J connectivity index is 0.00000228. The molecule has 0 spiro atoms. The molecule has 33 heavy (non-hydrogen) atoms. The number of aromatic nitrogens is 4. The van der Waals surface area contributed by atoms with Gasteiger partial charge in [0.2, 0.25) is 0 Å². The summed E-state index contributed by atoms with van der Waals surface area (Å²) >= 11 is 0. The van der Waals surface area contributed by atoms with Crippen LogP contribution in [0.1, 0.15) is 28.3 Å². The molecule has 0 amide bonds. The Kier molecular flexibility index (Phi) is 5.47. The predicted molar refractivity (Wildman–Crippen MR) is 130 cm³/mol. The van der Waals surface area contributed by atoms with E-state index in [9.17, 15) is 0 Å². The second-order valence-electron chi connectivity index (χ2n) is 7.82. The minimum absolute atomic E-state index is 0. The first kappa shape index (κ1) is 21.0. The van der Waals surface area contributed by atoms with E-state index in [1.807, 2.05) is 36.4 Å². The van der Waals surface area contributed by atoms with Gasteiger partial charge in [0.25, 0.3) is 0 Å². The van der Waals surface area contributed by atoms with Gasteiger partial charge in [-0.3, -0.25) is 0 Å². The number of rotatable bonds is 2. The van der Waals surface area contributed by atoms with E-state index in [1.165, 1.54) is 0 Å². The van der Waals surface area contributed by atoms with Crippen LogP contribution in [0.25, 0.3) is 45.9 Å². The molecular formula is C27H20CrN4O. The largest absolute Gasteiger partial charge is 0.497 e. The fraction of sp³-hybridized carbons (Fsp3) is 0.0370. The number of benzene rings is 1. The topological polar surface area (TPSA) is 66.6 Å². The summed E-state index contributed by atoms with van der Waals surface area (Å²) in [6.07, 6.45) is 6.17. The monoisotopic (exact) mass is 468 g/mol. The van der Waals surface area contributed by atoms with Crippen molar-refractivity contribution in [1.82, 2.24) is 19.9 Å². The van der Waals surface area contributed by atoms with E-state index in [1.54, 1.807) is 7.11 Å². The number of fused-ring (bicyclic) bond motifs is 8. The summed E-state index contributed by atoms with van der Waals surface area (Å²) in [5.41, 5.74) is 9.80. The smallest absolute Gasteiger partial charge is 0.118 e. The Bertz CT molecular complexity index is 1560. The molecule has 0 saturated carbocycles. The van der Waals surface area contributed by atoms with E-state index in [4.69, 9.17) is 14.7 Å². The molecule has 0 aliphatic carbocycles. The van der Waals surface area contributed by atoms with E-state index in [2.05, 4.69) is 64.6 Å². The van der Waals surface area contributed by atoms with Gasteiger partial charge in [-0.2, -0.15) is 0 Å². The number of ether oxygens (including phenoxy) is 1. The van der Waals surface area contributed by atoms with Crippen molar-refractivity contribution in [1.29, 1.82) is 0 Å². The third kappa shape index (κ3) is 4.27. The molecule has 160 valence electrons. The molecule has 2 aliphatic rings. The zero-order valence-corrected chi connectivity index (χ0v) is 19.1. The third-order valence-electron chi connectivity index (χ3n) is 5.57. The second kappa shape index (κ2) is 8.59. The van der Waals surface area contributed by atoms with Gasteiger partial charge in [-0.1, -0.05) is 12.1 Å². The maximum atomic E-state index is 5.32. The number of hydrogen-bond acceptors (Lipinski definition) is 3. The summed E-state index contributed by atoms with van der Waals surface area (Å²) < 4.78 is 5.32. The predicted octanol–water partition coefficient (Wildman–Crippen LogP) is 6.08. The van der Waals surface area contributed by atoms with E-state index >= 15 is 0 Å². The van der Waals surface area contributed by atoms with Crippen LogP contribution in [0.4, 0.5) is 0 Å². The van der Waals surface area contributed by atoms with Crippen molar-refractivity contribution in [3.8, 4) is 5.75 Å². The average molecular weight is 468 g/mol. The van der Waals surface area contributed by atoms with Crippen LogP contribution in [0.5, 0.6) is 5.75 Å². The Hall–Kier alpha value is -3.85. The van der Waals surface area contributed by atoms with Crippen LogP contribution < -0.4 is 4.74 Å². The first-order chi connectivity index (χ1) is 15.7. The van der Waals surface area contributed by atoms with Crippen molar-refractivity contribution in [3.63, 3.8) is 0 Å². The molecule has 6 heteroatoms.